The second kappa shape index (κ2) is 5.00. The third kappa shape index (κ3) is 4.09. The van der Waals surface area contributed by atoms with Gasteiger partial charge in [0.05, 0.1) is 5.92 Å². The summed E-state index contributed by atoms with van der Waals surface area (Å²) in [7, 11) is 0. The van der Waals surface area contributed by atoms with Gasteiger partial charge in [0, 0.05) is 12.0 Å². The summed E-state index contributed by atoms with van der Waals surface area (Å²) in [6, 6.07) is 0. The Labute approximate surface area is 114 Å². The molecule has 19 heavy (non-hydrogen) atoms. The minimum Gasteiger partial charge on any atom is -0.370 e. The van der Waals surface area contributed by atoms with Gasteiger partial charge in [-0.15, -0.1) is 5.06 Å². The van der Waals surface area contributed by atoms with Crippen LogP contribution in [0.5, 0.6) is 0 Å². The number of hydrogen-bond donors (Lipinski definition) is 2. The van der Waals surface area contributed by atoms with Crippen molar-refractivity contribution >= 4 is 12.0 Å². The van der Waals surface area contributed by atoms with Gasteiger partial charge in [0.15, 0.2) is 6.23 Å². The molecule has 0 saturated carbocycles. The first-order chi connectivity index (χ1) is 8.42. The van der Waals surface area contributed by atoms with E-state index < -0.39 is 17.9 Å². The lowest BCUT2D eigenvalue weighted by Crippen LogP contribution is -2.46. The minimum atomic E-state index is -1.08. The predicted molar refractivity (Wildman–Crippen MR) is 69.8 cm³/mol. The number of aliphatic hydroxyl groups is 1. The van der Waals surface area contributed by atoms with Crippen molar-refractivity contribution in [2.75, 3.05) is 0 Å². The second-order valence-electron chi connectivity index (χ2n) is 7.05. The summed E-state index contributed by atoms with van der Waals surface area (Å²) in [5.41, 5.74) is -0.745. The number of hydroxylamine groups is 2. The summed E-state index contributed by atoms with van der Waals surface area (Å²) in [5, 5.41) is 13.2. The molecule has 110 valence electrons. The van der Waals surface area contributed by atoms with Crippen LogP contribution in [0.15, 0.2) is 0 Å². The van der Waals surface area contributed by atoms with Gasteiger partial charge in [-0.25, -0.2) is 4.79 Å². The molecule has 2 amide bonds. The molecule has 1 heterocycles. The Kier molecular flexibility index (Phi) is 4.14. The van der Waals surface area contributed by atoms with Gasteiger partial charge in [-0.1, -0.05) is 20.8 Å². The standard InChI is InChI=1S/C13H24N2O4/c1-12(2,3)8-7-9(16)15(10(8)17)19-11(18)14-13(4,5)6/h8-9,16H,7H2,1-6H3,(H,14,18). The molecule has 6 nitrogen and oxygen atoms in total. The SMILES string of the molecule is CC(C)(C)NC(=O)ON1C(=O)C(C(C)(C)C)CC1O. The van der Waals surface area contributed by atoms with Crippen LogP contribution in [0.2, 0.25) is 0 Å². The van der Waals surface area contributed by atoms with Crippen molar-refractivity contribution in [1.82, 2.24) is 10.4 Å². The van der Waals surface area contributed by atoms with Crippen LogP contribution in [0, 0.1) is 11.3 Å². The largest absolute Gasteiger partial charge is 0.432 e. The Bertz CT molecular complexity index is 368. The van der Waals surface area contributed by atoms with E-state index in [4.69, 9.17) is 4.84 Å². The number of nitrogens with zero attached hydrogens (tertiary/aromatic N) is 1. The van der Waals surface area contributed by atoms with Crippen molar-refractivity contribution in [3.8, 4) is 0 Å². The number of aliphatic hydroxyl groups excluding tert-OH is 1. The van der Waals surface area contributed by atoms with Crippen molar-refractivity contribution in [2.24, 2.45) is 11.3 Å². The van der Waals surface area contributed by atoms with Crippen LogP contribution in [0.1, 0.15) is 48.0 Å². The highest BCUT2D eigenvalue weighted by atomic mass is 16.7. The fourth-order valence-electron chi connectivity index (χ4n) is 1.96. The van der Waals surface area contributed by atoms with Crippen LogP contribution in [-0.2, 0) is 9.63 Å². The fraction of sp³-hybridized carbons (Fsp3) is 0.846. The molecule has 2 N–H and O–H groups in total. The zero-order chi connectivity index (χ0) is 15.0. The van der Waals surface area contributed by atoms with Gasteiger partial charge in [0.25, 0.3) is 5.91 Å². The first-order valence-corrected chi connectivity index (χ1v) is 6.43. The molecule has 0 radical (unpaired) electrons. The summed E-state index contributed by atoms with van der Waals surface area (Å²) in [6.07, 6.45) is -1.55. The third-order valence-corrected chi connectivity index (χ3v) is 2.94. The molecule has 1 rings (SSSR count). The van der Waals surface area contributed by atoms with Gasteiger partial charge in [0.1, 0.15) is 0 Å². The molecule has 1 aliphatic rings. The number of amides is 2. The van der Waals surface area contributed by atoms with Gasteiger partial charge in [-0.05, 0) is 26.2 Å². The van der Waals surface area contributed by atoms with Crippen molar-refractivity contribution in [3.63, 3.8) is 0 Å². The summed E-state index contributed by atoms with van der Waals surface area (Å²) in [6.45, 7) is 11.2. The van der Waals surface area contributed by atoms with Crippen molar-refractivity contribution in [1.29, 1.82) is 0 Å². The molecule has 1 saturated heterocycles. The van der Waals surface area contributed by atoms with Gasteiger partial charge >= 0.3 is 6.09 Å². The van der Waals surface area contributed by atoms with Gasteiger partial charge in [0.2, 0.25) is 0 Å². The predicted octanol–water partition coefficient (Wildman–Crippen LogP) is 1.64. The maximum absolute atomic E-state index is 12.1. The molecular formula is C13H24N2O4. The third-order valence-electron chi connectivity index (χ3n) is 2.94. The van der Waals surface area contributed by atoms with Crippen LogP contribution in [-0.4, -0.2) is 33.9 Å². The van der Waals surface area contributed by atoms with E-state index in [0.717, 1.165) is 5.06 Å². The highest BCUT2D eigenvalue weighted by Gasteiger charge is 2.46. The number of hydrogen-bond acceptors (Lipinski definition) is 4. The summed E-state index contributed by atoms with van der Waals surface area (Å²) >= 11 is 0. The number of nitrogens with one attached hydrogen (secondary N) is 1. The van der Waals surface area contributed by atoms with Crippen molar-refractivity contribution in [3.05, 3.63) is 0 Å². The first kappa shape index (κ1) is 15.8. The first-order valence-electron chi connectivity index (χ1n) is 6.43. The Balaban J connectivity index is 2.70. The molecule has 2 atom stereocenters. The number of rotatable bonds is 1. The van der Waals surface area contributed by atoms with Crippen LogP contribution in [0.3, 0.4) is 0 Å². The lowest BCUT2D eigenvalue weighted by molar-refractivity contribution is -0.191. The lowest BCUT2D eigenvalue weighted by Gasteiger charge is -2.26. The van der Waals surface area contributed by atoms with E-state index in [1.165, 1.54) is 0 Å². The summed E-state index contributed by atoms with van der Waals surface area (Å²) < 4.78 is 0. The van der Waals surface area contributed by atoms with E-state index >= 15 is 0 Å². The van der Waals surface area contributed by atoms with E-state index in [9.17, 15) is 14.7 Å². The molecule has 2 unspecified atom stereocenters. The molecule has 0 bridgehead atoms. The monoisotopic (exact) mass is 272 g/mol. The van der Waals surface area contributed by atoms with Crippen LogP contribution >= 0.6 is 0 Å². The van der Waals surface area contributed by atoms with Crippen LogP contribution < -0.4 is 5.32 Å². The summed E-state index contributed by atoms with van der Waals surface area (Å²) in [4.78, 5) is 28.7. The zero-order valence-corrected chi connectivity index (χ0v) is 12.5. The topological polar surface area (TPSA) is 78.9 Å². The lowest BCUT2D eigenvalue weighted by atomic mass is 9.80. The second-order valence-corrected chi connectivity index (χ2v) is 7.05. The highest BCUT2D eigenvalue weighted by Crippen LogP contribution is 2.37. The van der Waals surface area contributed by atoms with E-state index in [1.54, 1.807) is 20.8 Å². The van der Waals surface area contributed by atoms with Crippen molar-refractivity contribution in [2.45, 2.75) is 59.7 Å². The van der Waals surface area contributed by atoms with Gasteiger partial charge in [-0.3, -0.25) is 4.79 Å². The van der Waals surface area contributed by atoms with Gasteiger partial charge < -0.3 is 15.3 Å². The molecule has 0 aromatic carbocycles. The summed E-state index contributed by atoms with van der Waals surface area (Å²) in [5.74, 6) is -0.714. The molecule has 0 aromatic heterocycles. The zero-order valence-electron chi connectivity index (χ0n) is 12.5. The molecule has 1 aliphatic heterocycles. The van der Waals surface area contributed by atoms with E-state index in [1.807, 2.05) is 20.8 Å². The number of carbonyl (C=O) groups is 2. The van der Waals surface area contributed by atoms with Crippen molar-refractivity contribution < 1.29 is 19.5 Å². The van der Waals surface area contributed by atoms with E-state index in [-0.39, 0.29) is 23.7 Å². The quantitative estimate of drug-likeness (QED) is 0.760. The Hall–Kier alpha value is -1.30. The minimum absolute atomic E-state index is 0.269. The average molecular weight is 272 g/mol. The maximum atomic E-state index is 12.1. The Morgan fingerprint density at radius 2 is 1.84 bits per heavy atom. The van der Waals surface area contributed by atoms with Crippen LogP contribution in [0.25, 0.3) is 0 Å². The highest BCUT2D eigenvalue weighted by molar-refractivity contribution is 5.82. The van der Waals surface area contributed by atoms with E-state index in [2.05, 4.69) is 5.32 Å². The maximum Gasteiger partial charge on any atom is 0.432 e. The molecule has 0 aromatic rings. The molecular weight excluding hydrogens is 248 g/mol. The normalized spacial score (nSPS) is 24.6. The van der Waals surface area contributed by atoms with Gasteiger partial charge in [-0.2, -0.15) is 0 Å². The number of carbonyl (C=O) groups excluding carboxylic acids is 2. The molecule has 1 fully saturated rings. The smallest absolute Gasteiger partial charge is 0.370 e. The fourth-order valence-corrected chi connectivity index (χ4v) is 1.96. The van der Waals surface area contributed by atoms with E-state index in [0.29, 0.717) is 0 Å². The van der Waals surface area contributed by atoms with Crippen LogP contribution in [0.4, 0.5) is 4.79 Å². The Morgan fingerprint density at radius 1 is 1.32 bits per heavy atom. The molecule has 0 aliphatic carbocycles. The average Bonchev–Trinajstić information content (AvgIpc) is 2.41. The Morgan fingerprint density at radius 3 is 2.21 bits per heavy atom. The molecule has 0 spiro atoms. The molecule has 6 heteroatoms.